The molecule has 1 aromatic rings. The van der Waals surface area contributed by atoms with E-state index in [1.54, 1.807) is 24.8 Å². The van der Waals surface area contributed by atoms with E-state index < -0.39 is 0 Å². The zero-order valence-electron chi connectivity index (χ0n) is 12.3. The normalized spacial score (nSPS) is 18.9. The Morgan fingerprint density at radius 3 is 2.80 bits per heavy atom. The molecule has 1 fully saturated rings. The Balaban J connectivity index is 2.07. The van der Waals surface area contributed by atoms with Crippen LogP contribution in [0.4, 0.5) is 0 Å². The molecule has 1 aromatic heterocycles. The minimum Gasteiger partial charge on any atom is -0.466 e. The third kappa shape index (κ3) is 3.03. The molecule has 1 atom stereocenters. The number of piperidine rings is 1. The van der Waals surface area contributed by atoms with Crippen molar-refractivity contribution >= 4 is 11.9 Å². The number of esters is 1. The maximum absolute atomic E-state index is 12.5. The van der Waals surface area contributed by atoms with Gasteiger partial charge in [-0.15, -0.1) is 0 Å². The fourth-order valence-corrected chi connectivity index (χ4v) is 2.63. The van der Waals surface area contributed by atoms with Crippen molar-refractivity contribution in [3.63, 3.8) is 0 Å². The summed E-state index contributed by atoms with van der Waals surface area (Å²) in [6.45, 7) is 6.89. The fourth-order valence-electron chi connectivity index (χ4n) is 2.63. The van der Waals surface area contributed by atoms with Crippen molar-refractivity contribution in [1.82, 2.24) is 4.90 Å². The van der Waals surface area contributed by atoms with Gasteiger partial charge < -0.3 is 14.1 Å². The van der Waals surface area contributed by atoms with Crippen molar-refractivity contribution in [2.45, 2.75) is 33.6 Å². The van der Waals surface area contributed by atoms with Crippen LogP contribution in [-0.2, 0) is 9.53 Å². The van der Waals surface area contributed by atoms with Crippen molar-refractivity contribution in [2.24, 2.45) is 5.92 Å². The zero-order valence-corrected chi connectivity index (χ0v) is 12.3. The maximum atomic E-state index is 12.5. The van der Waals surface area contributed by atoms with E-state index in [9.17, 15) is 9.59 Å². The first kappa shape index (κ1) is 14.6. The van der Waals surface area contributed by atoms with Crippen molar-refractivity contribution in [3.05, 3.63) is 23.2 Å². The second-order valence-electron chi connectivity index (χ2n) is 5.17. The van der Waals surface area contributed by atoms with Gasteiger partial charge >= 0.3 is 5.97 Å². The minimum atomic E-state index is -0.207. The summed E-state index contributed by atoms with van der Waals surface area (Å²) in [7, 11) is 0. The fraction of sp³-hybridized carbons (Fsp3) is 0.600. The molecule has 5 nitrogen and oxygen atoms in total. The van der Waals surface area contributed by atoms with Crippen LogP contribution in [0.1, 0.15) is 41.6 Å². The van der Waals surface area contributed by atoms with Crippen LogP contribution in [0, 0.1) is 19.8 Å². The van der Waals surface area contributed by atoms with Crippen molar-refractivity contribution < 1.29 is 18.7 Å². The highest BCUT2D eigenvalue weighted by molar-refractivity contribution is 5.95. The molecule has 0 aromatic carbocycles. The number of ether oxygens (including phenoxy) is 1. The van der Waals surface area contributed by atoms with E-state index in [2.05, 4.69) is 0 Å². The van der Waals surface area contributed by atoms with E-state index in [1.165, 1.54) is 0 Å². The largest absolute Gasteiger partial charge is 0.466 e. The number of furan rings is 1. The first-order valence-corrected chi connectivity index (χ1v) is 7.05. The Morgan fingerprint density at radius 1 is 1.45 bits per heavy atom. The zero-order chi connectivity index (χ0) is 14.7. The molecular formula is C15H21NO4. The highest BCUT2D eigenvalue weighted by Gasteiger charge is 2.30. The molecule has 5 heteroatoms. The SMILES string of the molecule is CCOC(=O)[C@@H]1CCCN(C(=O)c2cc(C)oc2C)C1. The minimum absolute atomic E-state index is 0.0617. The second kappa shape index (κ2) is 6.11. The summed E-state index contributed by atoms with van der Waals surface area (Å²) in [4.78, 5) is 26.0. The summed E-state index contributed by atoms with van der Waals surface area (Å²) in [5.41, 5.74) is 0.590. The van der Waals surface area contributed by atoms with Gasteiger partial charge in [-0.25, -0.2) is 0 Å². The van der Waals surface area contributed by atoms with Gasteiger partial charge in [0.05, 0.1) is 18.1 Å². The summed E-state index contributed by atoms with van der Waals surface area (Å²) in [6, 6.07) is 1.76. The molecule has 0 unspecified atom stereocenters. The summed E-state index contributed by atoms with van der Waals surface area (Å²) in [5.74, 6) is 0.884. The van der Waals surface area contributed by atoms with Gasteiger partial charge in [-0.3, -0.25) is 9.59 Å². The molecule has 1 aliphatic rings. The average molecular weight is 279 g/mol. The van der Waals surface area contributed by atoms with Gasteiger partial charge in [0.2, 0.25) is 0 Å². The van der Waals surface area contributed by atoms with Gasteiger partial charge in [0.1, 0.15) is 11.5 Å². The smallest absolute Gasteiger partial charge is 0.310 e. The Bertz CT molecular complexity index is 506. The van der Waals surface area contributed by atoms with Crippen molar-refractivity contribution in [1.29, 1.82) is 0 Å². The number of hydrogen-bond donors (Lipinski definition) is 0. The summed E-state index contributed by atoms with van der Waals surface area (Å²) in [6.07, 6.45) is 1.61. The third-order valence-electron chi connectivity index (χ3n) is 3.60. The molecule has 0 spiro atoms. The number of hydrogen-bond acceptors (Lipinski definition) is 4. The predicted octanol–water partition coefficient (Wildman–Crippen LogP) is 2.31. The Kier molecular flexibility index (Phi) is 4.47. The highest BCUT2D eigenvalue weighted by atomic mass is 16.5. The number of amides is 1. The molecule has 0 bridgehead atoms. The van der Waals surface area contributed by atoms with Crippen LogP contribution >= 0.6 is 0 Å². The van der Waals surface area contributed by atoms with Crippen LogP contribution < -0.4 is 0 Å². The number of aryl methyl sites for hydroxylation is 2. The summed E-state index contributed by atoms with van der Waals surface area (Å²) in [5, 5.41) is 0. The molecule has 2 heterocycles. The summed E-state index contributed by atoms with van der Waals surface area (Å²) < 4.78 is 10.4. The van der Waals surface area contributed by atoms with E-state index in [1.807, 2.05) is 6.92 Å². The second-order valence-corrected chi connectivity index (χ2v) is 5.17. The lowest BCUT2D eigenvalue weighted by Gasteiger charge is -2.31. The number of carbonyl (C=O) groups is 2. The van der Waals surface area contributed by atoms with E-state index in [4.69, 9.17) is 9.15 Å². The van der Waals surface area contributed by atoms with E-state index in [-0.39, 0.29) is 17.8 Å². The lowest BCUT2D eigenvalue weighted by atomic mass is 9.97. The molecule has 0 saturated carbocycles. The van der Waals surface area contributed by atoms with Gasteiger partial charge in [0, 0.05) is 13.1 Å². The van der Waals surface area contributed by atoms with Crippen LogP contribution in [0.5, 0.6) is 0 Å². The Morgan fingerprint density at radius 2 is 2.20 bits per heavy atom. The van der Waals surface area contributed by atoms with Crippen LogP contribution in [0.25, 0.3) is 0 Å². The van der Waals surface area contributed by atoms with E-state index in [0.29, 0.717) is 31.0 Å². The Labute approximate surface area is 118 Å². The number of rotatable bonds is 3. The first-order chi connectivity index (χ1) is 9.52. The average Bonchev–Trinajstić information content (AvgIpc) is 2.77. The van der Waals surface area contributed by atoms with Crippen LogP contribution in [0.2, 0.25) is 0 Å². The quantitative estimate of drug-likeness (QED) is 0.797. The van der Waals surface area contributed by atoms with Gasteiger partial charge in [-0.2, -0.15) is 0 Å². The molecule has 1 aliphatic heterocycles. The van der Waals surface area contributed by atoms with Crippen molar-refractivity contribution in [3.8, 4) is 0 Å². The van der Waals surface area contributed by atoms with Gasteiger partial charge in [-0.1, -0.05) is 0 Å². The number of nitrogens with zero attached hydrogens (tertiary/aromatic N) is 1. The molecule has 110 valence electrons. The van der Waals surface area contributed by atoms with Crippen LogP contribution in [-0.4, -0.2) is 36.5 Å². The molecular weight excluding hydrogens is 258 g/mol. The molecule has 2 rings (SSSR count). The first-order valence-electron chi connectivity index (χ1n) is 7.05. The van der Waals surface area contributed by atoms with Gasteiger partial charge in [0.15, 0.2) is 0 Å². The van der Waals surface area contributed by atoms with Crippen molar-refractivity contribution in [2.75, 3.05) is 19.7 Å². The monoisotopic (exact) mass is 279 g/mol. The van der Waals surface area contributed by atoms with E-state index in [0.717, 1.165) is 18.6 Å². The molecule has 1 amide bonds. The molecule has 20 heavy (non-hydrogen) atoms. The Hall–Kier alpha value is -1.78. The molecule has 0 radical (unpaired) electrons. The molecule has 0 N–H and O–H groups in total. The van der Waals surface area contributed by atoms with E-state index >= 15 is 0 Å². The lowest BCUT2D eigenvalue weighted by Crippen LogP contribution is -2.42. The summed E-state index contributed by atoms with van der Waals surface area (Å²) >= 11 is 0. The molecule has 0 aliphatic carbocycles. The third-order valence-corrected chi connectivity index (χ3v) is 3.60. The standard InChI is InChI=1S/C15H21NO4/c1-4-19-15(18)12-6-5-7-16(9-12)14(17)13-8-10(2)20-11(13)3/h8,12H,4-7,9H2,1-3H3/t12-/m1/s1. The van der Waals surface area contributed by atoms with Gasteiger partial charge in [0.25, 0.3) is 5.91 Å². The molecule has 1 saturated heterocycles. The lowest BCUT2D eigenvalue weighted by molar-refractivity contribution is -0.149. The van der Waals surface area contributed by atoms with Gasteiger partial charge in [-0.05, 0) is 39.7 Å². The topological polar surface area (TPSA) is 59.8 Å². The van der Waals surface area contributed by atoms with Crippen LogP contribution in [0.3, 0.4) is 0 Å². The number of likely N-dealkylation sites (tertiary alicyclic amines) is 1. The maximum Gasteiger partial charge on any atom is 0.310 e. The van der Waals surface area contributed by atoms with Crippen LogP contribution in [0.15, 0.2) is 10.5 Å². The predicted molar refractivity (Wildman–Crippen MR) is 73.4 cm³/mol. The number of carbonyl (C=O) groups excluding carboxylic acids is 2. The highest BCUT2D eigenvalue weighted by Crippen LogP contribution is 2.22.